The Morgan fingerprint density at radius 1 is 1.23 bits per heavy atom. The van der Waals surface area contributed by atoms with Crippen LogP contribution in [0.15, 0.2) is 23.2 Å². The summed E-state index contributed by atoms with van der Waals surface area (Å²) in [7, 11) is 3.46. The zero-order valence-corrected chi connectivity index (χ0v) is 17.9. The Hall–Kier alpha value is -0.960. The van der Waals surface area contributed by atoms with Crippen molar-refractivity contribution in [3.63, 3.8) is 0 Å². The first-order valence-corrected chi connectivity index (χ1v) is 8.96. The first-order chi connectivity index (χ1) is 12.1. The van der Waals surface area contributed by atoms with Crippen LogP contribution in [-0.2, 0) is 11.2 Å². The molecule has 26 heavy (non-hydrogen) atoms. The normalized spacial score (nSPS) is 16.2. The van der Waals surface area contributed by atoms with Crippen LogP contribution in [0.25, 0.3) is 0 Å². The van der Waals surface area contributed by atoms with E-state index in [-0.39, 0.29) is 29.4 Å². The Balaban J connectivity index is 0.00000338. The van der Waals surface area contributed by atoms with E-state index in [1.807, 2.05) is 0 Å². The highest BCUT2D eigenvalue weighted by molar-refractivity contribution is 14.0. The maximum absolute atomic E-state index is 13.7. The molecule has 0 atom stereocenters. The molecule has 0 aromatic heterocycles. The average Bonchev–Trinajstić information content (AvgIpc) is 3.09. The zero-order chi connectivity index (χ0) is 18.1. The van der Waals surface area contributed by atoms with E-state index in [2.05, 4.69) is 15.6 Å². The van der Waals surface area contributed by atoms with E-state index in [9.17, 15) is 8.78 Å². The van der Waals surface area contributed by atoms with Crippen molar-refractivity contribution >= 4 is 29.9 Å². The highest BCUT2D eigenvalue weighted by Crippen LogP contribution is 2.40. The molecule has 2 N–H and O–H groups in total. The van der Waals surface area contributed by atoms with Crippen molar-refractivity contribution in [2.45, 2.75) is 38.5 Å². The number of hydrogen-bond donors (Lipinski definition) is 2. The van der Waals surface area contributed by atoms with Crippen LogP contribution in [0.5, 0.6) is 0 Å². The van der Waals surface area contributed by atoms with Crippen LogP contribution >= 0.6 is 24.0 Å². The number of aliphatic imine (C=N–C) groups is 1. The Morgan fingerprint density at radius 2 is 1.96 bits per heavy atom. The Bertz CT molecular complexity index is 578. The van der Waals surface area contributed by atoms with Gasteiger partial charge in [-0.2, -0.15) is 0 Å². The lowest BCUT2D eigenvalue weighted by Gasteiger charge is -2.30. The average molecular weight is 481 g/mol. The molecule has 0 unspecified atom stereocenters. The van der Waals surface area contributed by atoms with Crippen molar-refractivity contribution in [2.75, 3.05) is 33.9 Å². The SMILES string of the molecule is CN=C(NCCc1cccc(F)c1F)NCC1(CCOC)CCCC1.I. The van der Waals surface area contributed by atoms with Crippen molar-refractivity contribution in [3.8, 4) is 0 Å². The minimum atomic E-state index is -0.804. The van der Waals surface area contributed by atoms with Gasteiger partial charge in [0, 0.05) is 33.9 Å². The second kappa shape index (κ2) is 11.7. The molecule has 0 aliphatic heterocycles. The van der Waals surface area contributed by atoms with Crippen LogP contribution < -0.4 is 10.6 Å². The van der Waals surface area contributed by atoms with Crippen molar-refractivity contribution in [1.29, 1.82) is 0 Å². The summed E-state index contributed by atoms with van der Waals surface area (Å²) >= 11 is 0. The monoisotopic (exact) mass is 481 g/mol. The molecule has 0 bridgehead atoms. The third-order valence-corrected chi connectivity index (χ3v) is 5.07. The lowest BCUT2D eigenvalue weighted by molar-refractivity contribution is 0.138. The van der Waals surface area contributed by atoms with Gasteiger partial charge in [0.1, 0.15) is 0 Å². The summed E-state index contributed by atoms with van der Waals surface area (Å²) < 4.78 is 32.2. The molecular formula is C19H30F2IN3O. The van der Waals surface area contributed by atoms with Gasteiger partial charge in [0.05, 0.1) is 0 Å². The number of guanidine groups is 1. The van der Waals surface area contributed by atoms with Crippen LogP contribution in [0, 0.1) is 17.0 Å². The second-order valence-electron chi connectivity index (χ2n) is 6.77. The molecule has 1 aromatic rings. The Labute approximate surface area is 172 Å². The molecule has 7 heteroatoms. The third kappa shape index (κ3) is 6.64. The second-order valence-corrected chi connectivity index (χ2v) is 6.77. The molecule has 1 fully saturated rings. The number of methoxy groups -OCH3 is 1. The number of nitrogens with zero attached hydrogens (tertiary/aromatic N) is 1. The van der Waals surface area contributed by atoms with Gasteiger partial charge in [-0.3, -0.25) is 4.99 Å². The third-order valence-electron chi connectivity index (χ3n) is 5.07. The zero-order valence-electron chi connectivity index (χ0n) is 15.6. The van der Waals surface area contributed by atoms with Gasteiger partial charge in [-0.15, -0.1) is 24.0 Å². The quantitative estimate of drug-likeness (QED) is 0.337. The van der Waals surface area contributed by atoms with Crippen molar-refractivity contribution < 1.29 is 13.5 Å². The van der Waals surface area contributed by atoms with Gasteiger partial charge in [-0.25, -0.2) is 8.78 Å². The summed E-state index contributed by atoms with van der Waals surface area (Å²) in [6.07, 6.45) is 6.37. The van der Waals surface area contributed by atoms with Gasteiger partial charge >= 0.3 is 0 Å². The molecule has 4 nitrogen and oxygen atoms in total. The molecule has 0 heterocycles. The molecule has 1 saturated carbocycles. The van der Waals surface area contributed by atoms with Gasteiger partial charge in [-0.1, -0.05) is 25.0 Å². The predicted octanol–water partition coefficient (Wildman–Crippen LogP) is 3.89. The number of ether oxygens (including phenoxy) is 1. The number of hydrogen-bond acceptors (Lipinski definition) is 2. The number of halogens is 3. The van der Waals surface area contributed by atoms with Gasteiger partial charge in [0.15, 0.2) is 17.6 Å². The smallest absolute Gasteiger partial charge is 0.191 e. The lowest BCUT2D eigenvalue weighted by atomic mass is 9.83. The van der Waals surface area contributed by atoms with E-state index in [0.29, 0.717) is 24.5 Å². The minimum absolute atomic E-state index is 0. The molecule has 148 valence electrons. The summed E-state index contributed by atoms with van der Waals surface area (Å²) in [6.45, 7) is 2.11. The van der Waals surface area contributed by atoms with E-state index in [0.717, 1.165) is 25.6 Å². The number of rotatable bonds is 8. The van der Waals surface area contributed by atoms with E-state index in [1.165, 1.54) is 31.7 Å². The minimum Gasteiger partial charge on any atom is -0.385 e. The van der Waals surface area contributed by atoms with Gasteiger partial charge in [-0.05, 0) is 42.7 Å². The van der Waals surface area contributed by atoms with E-state index in [1.54, 1.807) is 20.2 Å². The van der Waals surface area contributed by atoms with Crippen LogP contribution in [0.4, 0.5) is 8.78 Å². The fourth-order valence-electron chi connectivity index (χ4n) is 3.51. The van der Waals surface area contributed by atoms with Crippen molar-refractivity contribution in [3.05, 3.63) is 35.4 Å². The summed E-state index contributed by atoms with van der Waals surface area (Å²) in [6, 6.07) is 4.27. The lowest BCUT2D eigenvalue weighted by Crippen LogP contribution is -2.44. The molecule has 1 aliphatic rings. The van der Waals surface area contributed by atoms with Crippen LogP contribution in [0.3, 0.4) is 0 Å². The molecule has 0 saturated heterocycles. The van der Waals surface area contributed by atoms with Crippen molar-refractivity contribution in [2.24, 2.45) is 10.4 Å². The summed E-state index contributed by atoms with van der Waals surface area (Å²) in [5.74, 6) is -0.876. The molecule has 2 rings (SSSR count). The van der Waals surface area contributed by atoms with Crippen molar-refractivity contribution in [1.82, 2.24) is 10.6 Å². The van der Waals surface area contributed by atoms with Crippen LogP contribution in [0.1, 0.15) is 37.7 Å². The Morgan fingerprint density at radius 3 is 2.62 bits per heavy atom. The van der Waals surface area contributed by atoms with E-state index in [4.69, 9.17) is 4.74 Å². The van der Waals surface area contributed by atoms with Crippen LogP contribution in [0.2, 0.25) is 0 Å². The first kappa shape index (κ1) is 23.1. The molecule has 0 radical (unpaired) electrons. The van der Waals surface area contributed by atoms with E-state index >= 15 is 0 Å². The number of nitrogens with one attached hydrogen (secondary N) is 2. The highest BCUT2D eigenvalue weighted by atomic mass is 127. The molecular weight excluding hydrogens is 451 g/mol. The molecule has 0 spiro atoms. The summed E-state index contributed by atoms with van der Waals surface area (Å²) in [5.41, 5.74) is 0.637. The van der Waals surface area contributed by atoms with E-state index < -0.39 is 11.6 Å². The molecule has 1 aromatic carbocycles. The predicted molar refractivity (Wildman–Crippen MR) is 112 cm³/mol. The first-order valence-electron chi connectivity index (χ1n) is 8.96. The maximum atomic E-state index is 13.7. The Kier molecular flexibility index (Phi) is 10.4. The topological polar surface area (TPSA) is 45.7 Å². The van der Waals surface area contributed by atoms with Gasteiger partial charge in [0.25, 0.3) is 0 Å². The fourth-order valence-corrected chi connectivity index (χ4v) is 3.51. The summed E-state index contributed by atoms with van der Waals surface area (Å²) in [5, 5.41) is 6.57. The standard InChI is InChI=1S/C19H29F2N3O.HI/c1-22-18(23-12-8-15-6-5-7-16(20)17(15)21)24-14-19(11-13-25-2)9-3-4-10-19;/h5-7H,3-4,8-14H2,1-2H3,(H2,22,23,24);1H. The summed E-state index contributed by atoms with van der Waals surface area (Å²) in [4.78, 5) is 4.23. The van der Waals surface area contributed by atoms with Gasteiger partial charge < -0.3 is 15.4 Å². The van der Waals surface area contributed by atoms with Gasteiger partial charge in [0.2, 0.25) is 0 Å². The van der Waals surface area contributed by atoms with Crippen LogP contribution in [-0.4, -0.2) is 39.8 Å². The fraction of sp³-hybridized carbons (Fsp3) is 0.632. The maximum Gasteiger partial charge on any atom is 0.191 e. The highest BCUT2D eigenvalue weighted by Gasteiger charge is 2.33. The number of benzene rings is 1. The molecule has 1 aliphatic carbocycles. The molecule has 0 amide bonds. The largest absolute Gasteiger partial charge is 0.385 e.